The number of thioether (sulfide) groups is 1. The van der Waals surface area contributed by atoms with E-state index in [1.54, 1.807) is 6.92 Å². The van der Waals surface area contributed by atoms with Gasteiger partial charge in [-0.1, -0.05) is 6.07 Å². The Labute approximate surface area is 105 Å². The fourth-order valence-electron chi connectivity index (χ4n) is 1.65. The van der Waals surface area contributed by atoms with E-state index in [0.29, 0.717) is 0 Å². The molecule has 0 aliphatic carbocycles. The number of hydrogen-bond donors (Lipinski definition) is 1. The maximum atomic E-state index is 12.6. The number of nitrogens with two attached hydrogens (primary N) is 1. The van der Waals surface area contributed by atoms with Crippen LogP contribution in [0.3, 0.4) is 0 Å². The first-order chi connectivity index (χ1) is 8.30. The number of carbonyl (C=O) groups is 1. The lowest BCUT2D eigenvalue weighted by Gasteiger charge is -2.08. The van der Waals surface area contributed by atoms with E-state index in [4.69, 9.17) is 5.73 Å². The van der Waals surface area contributed by atoms with Crippen LogP contribution in [0.2, 0.25) is 0 Å². The van der Waals surface area contributed by atoms with E-state index in [1.165, 1.54) is 12.1 Å². The van der Waals surface area contributed by atoms with Crippen molar-refractivity contribution in [3.8, 4) is 0 Å². The monoisotopic (exact) mass is 275 g/mol. The van der Waals surface area contributed by atoms with Crippen LogP contribution in [0.4, 0.5) is 18.9 Å². The summed E-state index contributed by atoms with van der Waals surface area (Å²) < 4.78 is 38.9. The van der Waals surface area contributed by atoms with Gasteiger partial charge in [-0.3, -0.25) is 5.73 Å². The molecule has 0 bridgehead atoms. The molecule has 0 fully saturated rings. The van der Waals surface area contributed by atoms with E-state index in [-0.39, 0.29) is 22.0 Å². The molecule has 1 heterocycles. The quantitative estimate of drug-likeness (QED) is 0.800. The third-order valence-electron chi connectivity index (χ3n) is 2.52. The van der Waals surface area contributed by atoms with Crippen molar-refractivity contribution >= 4 is 28.5 Å². The van der Waals surface area contributed by atoms with Gasteiger partial charge >= 0.3 is 17.3 Å². The number of nitrogens with zero attached hydrogens (tertiary/aromatic N) is 1. The lowest BCUT2D eigenvalue weighted by molar-refractivity contribution is -0.362. The first-order valence-electron chi connectivity index (χ1n) is 5.11. The van der Waals surface area contributed by atoms with E-state index >= 15 is 0 Å². The molecular weight excluding hydrogens is 265 g/mol. The minimum atomic E-state index is -4.44. The molecule has 0 spiro atoms. The zero-order valence-electron chi connectivity index (χ0n) is 9.36. The molecule has 1 aliphatic heterocycles. The van der Waals surface area contributed by atoms with Crippen LogP contribution in [0, 0.1) is 0 Å². The average Bonchev–Trinajstić information content (AvgIpc) is 2.52. The zero-order valence-corrected chi connectivity index (χ0v) is 10.2. The van der Waals surface area contributed by atoms with Crippen molar-refractivity contribution in [2.75, 3.05) is 0 Å². The molecule has 0 saturated heterocycles. The van der Waals surface area contributed by atoms with Crippen LogP contribution >= 0.6 is 11.8 Å². The molecule has 1 atom stereocenters. The highest BCUT2D eigenvalue weighted by Gasteiger charge is 2.37. The molecule has 1 amide bonds. The average molecular weight is 275 g/mol. The molecule has 1 aliphatic rings. The highest BCUT2D eigenvalue weighted by molar-refractivity contribution is 8.15. The summed E-state index contributed by atoms with van der Waals surface area (Å²) in [6.45, 7) is 1.66. The highest BCUT2D eigenvalue weighted by Crippen LogP contribution is 2.33. The summed E-state index contributed by atoms with van der Waals surface area (Å²) in [6.07, 6.45) is -4.44. The molecule has 0 radical (unpaired) electrons. The molecule has 1 unspecified atom stereocenters. The molecule has 18 heavy (non-hydrogen) atoms. The van der Waals surface area contributed by atoms with Crippen LogP contribution in [0.25, 0.3) is 0 Å². The van der Waals surface area contributed by atoms with Crippen molar-refractivity contribution in [1.29, 1.82) is 0 Å². The smallest absolute Gasteiger partial charge is 0.281 e. The van der Waals surface area contributed by atoms with Crippen molar-refractivity contribution < 1.29 is 22.5 Å². The van der Waals surface area contributed by atoms with Crippen LogP contribution in [0.5, 0.6) is 0 Å². The number of benzene rings is 1. The zero-order chi connectivity index (χ0) is 13.5. The fourth-order valence-corrected chi connectivity index (χ4v) is 2.52. The molecule has 2 rings (SSSR count). The van der Waals surface area contributed by atoms with Gasteiger partial charge in [0.25, 0.3) is 0 Å². The van der Waals surface area contributed by atoms with Crippen LogP contribution in [0.15, 0.2) is 24.3 Å². The molecule has 3 nitrogen and oxygen atoms in total. The number of rotatable bonds is 1. The Morgan fingerprint density at radius 2 is 2.06 bits per heavy atom. The molecule has 0 saturated carbocycles. The summed E-state index contributed by atoms with van der Waals surface area (Å²) >= 11 is 1.13. The molecule has 2 N–H and O–H groups in total. The van der Waals surface area contributed by atoms with Gasteiger partial charge in [0.1, 0.15) is 10.9 Å². The molecule has 0 aromatic heterocycles. The van der Waals surface area contributed by atoms with Gasteiger partial charge in [-0.2, -0.15) is 17.7 Å². The number of alkyl halides is 3. The molecule has 7 heteroatoms. The number of hydrogen-bond acceptors (Lipinski definition) is 3. The lowest BCUT2D eigenvalue weighted by atomic mass is 10.2. The predicted molar refractivity (Wildman–Crippen MR) is 62.6 cm³/mol. The summed E-state index contributed by atoms with van der Waals surface area (Å²) in [5.41, 5.74) is 5.00. The van der Waals surface area contributed by atoms with Gasteiger partial charge in [0.05, 0.1) is 5.56 Å². The van der Waals surface area contributed by atoms with Gasteiger partial charge in [0.2, 0.25) is 0 Å². The van der Waals surface area contributed by atoms with E-state index in [9.17, 15) is 18.0 Å². The van der Waals surface area contributed by atoms with Crippen molar-refractivity contribution in [2.24, 2.45) is 5.73 Å². The van der Waals surface area contributed by atoms with Crippen molar-refractivity contribution in [3.05, 3.63) is 29.8 Å². The SMILES string of the molecule is CC1SC(N)=[N+](c2cccc(C(F)(F)F)c2)C1=O. The summed E-state index contributed by atoms with van der Waals surface area (Å²) in [7, 11) is 0. The van der Waals surface area contributed by atoms with Crippen molar-refractivity contribution in [3.63, 3.8) is 0 Å². The van der Waals surface area contributed by atoms with E-state index in [2.05, 4.69) is 0 Å². The van der Waals surface area contributed by atoms with Crippen LogP contribution < -0.4 is 5.73 Å². The maximum Gasteiger partial charge on any atom is 0.416 e. The van der Waals surface area contributed by atoms with Crippen molar-refractivity contribution in [2.45, 2.75) is 18.3 Å². The number of carbonyl (C=O) groups excluding carboxylic acids is 1. The minimum absolute atomic E-state index is 0.143. The summed E-state index contributed by atoms with van der Waals surface area (Å²) in [5.74, 6) is -0.308. The Morgan fingerprint density at radius 3 is 2.56 bits per heavy atom. The Kier molecular flexibility index (Phi) is 3.10. The number of amides is 1. The number of amidine groups is 1. The van der Waals surface area contributed by atoms with Crippen LogP contribution in [-0.2, 0) is 11.0 Å². The van der Waals surface area contributed by atoms with E-state index in [0.717, 1.165) is 28.5 Å². The summed E-state index contributed by atoms with van der Waals surface area (Å²) in [6, 6.07) is 4.56. The Morgan fingerprint density at radius 1 is 1.39 bits per heavy atom. The predicted octanol–water partition coefficient (Wildman–Crippen LogP) is 2.33. The third-order valence-corrected chi connectivity index (χ3v) is 3.50. The lowest BCUT2D eigenvalue weighted by Crippen LogP contribution is -2.23. The van der Waals surface area contributed by atoms with Gasteiger partial charge in [0, 0.05) is 0 Å². The van der Waals surface area contributed by atoms with Gasteiger partial charge in [-0.15, -0.1) is 0 Å². The minimum Gasteiger partial charge on any atom is -0.281 e. The first kappa shape index (κ1) is 12.9. The maximum absolute atomic E-state index is 12.6. The Hall–Kier alpha value is -1.50. The standard InChI is InChI=1S/C11H9F3N2OS/c1-6-9(17)16(10(15)18-6)8-4-2-3-7(5-8)11(12,13)14/h2-6,15H,1H3/p+1. The largest absolute Gasteiger partial charge is 0.416 e. The van der Waals surface area contributed by atoms with Gasteiger partial charge in [-0.25, -0.2) is 4.79 Å². The summed E-state index contributed by atoms with van der Waals surface area (Å²) in [5, 5.41) is -0.175. The van der Waals surface area contributed by atoms with Gasteiger partial charge < -0.3 is 0 Å². The Balaban J connectivity index is 2.47. The Bertz CT molecular complexity index is 539. The molecule has 1 aromatic carbocycles. The second-order valence-corrected chi connectivity index (χ2v) is 5.18. The normalized spacial score (nSPS) is 20.7. The second-order valence-electron chi connectivity index (χ2n) is 3.82. The van der Waals surface area contributed by atoms with Gasteiger partial charge in [0.15, 0.2) is 0 Å². The molecular formula is C11H10F3N2OS+. The molecule has 1 aromatic rings. The fraction of sp³-hybridized carbons (Fsp3) is 0.273. The van der Waals surface area contributed by atoms with E-state index < -0.39 is 11.7 Å². The van der Waals surface area contributed by atoms with Crippen molar-refractivity contribution in [1.82, 2.24) is 0 Å². The summed E-state index contributed by atoms with van der Waals surface area (Å²) in [4.78, 5) is 11.8. The number of halogens is 3. The third kappa shape index (κ3) is 2.22. The topological polar surface area (TPSA) is 46.1 Å². The second kappa shape index (κ2) is 4.31. The van der Waals surface area contributed by atoms with E-state index in [1.807, 2.05) is 0 Å². The van der Waals surface area contributed by atoms with Crippen LogP contribution in [0.1, 0.15) is 12.5 Å². The highest BCUT2D eigenvalue weighted by atomic mass is 32.2. The van der Waals surface area contributed by atoms with Gasteiger partial charge in [-0.05, 0) is 36.9 Å². The first-order valence-corrected chi connectivity index (χ1v) is 5.99. The molecule has 96 valence electrons. The van der Waals surface area contributed by atoms with Crippen LogP contribution in [-0.4, -0.2) is 20.9 Å².